The summed E-state index contributed by atoms with van der Waals surface area (Å²) in [4.78, 5) is 45.3. The summed E-state index contributed by atoms with van der Waals surface area (Å²) >= 11 is 7.66. The van der Waals surface area contributed by atoms with E-state index in [4.69, 9.17) is 11.6 Å². The fourth-order valence-electron chi connectivity index (χ4n) is 5.62. The minimum Gasteiger partial charge on any atom is -0.480 e. The van der Waals surface area contributed by atoms with Gasteiger partial charge in [-0.05, 0) is 54.1 Å². The Morgan fingerprint density at radius 3 is 2.30 bits per heavy atom. The summed E-state index contributed by atoms with van der Waals surface area (Å²) in [5.41, 5.74) is 2.14. The van der Waals surface area contributed by atoms with Crippen LogP contribution in [0.4, 0.5) is 5.69 Å². The maximum Gasteiger partial charge on any atom is 0.327 e. The minimum atomic E-state index is -1.15. The van der Waals surface area contributed by atoms with Crippen molar-refractivity contribution < 1.29 is 19.5 Å². The molecule has 1 amide bonds. The molecule has 5 rings (SSSR count). The van der Waals surface area contributed by atoms with Crippen molar-refractivity contribution in [2.45, 2.75) is 37.3 Å². The first-order valence-electron chi connectivity index (χ1n) is 12.4. The number of Topliss-reactive ketones (excluding diaryl/α,β-unsaturated/α-hetero) is 1. The minimum absolute atomic E-state index is 0.178. The fourth-order valence-corrected chi connectivity index (χ4v) is 6.71. The number of anilines is 1. The van der Waals surface area contributed by atoms with E-state index in [2.05, 4.69) is 0 Å². The van der Waals surface area contributed by atoms with Crippen LogP contribution in [0, 0.1) is 11.8 Å². The number of hydrogen-bond donors (Lipinski definition) is 1. The van der Waals surface area contributed by atoms with E-state index in [0.717, 1.165) is 35.4 Å². The highest BCUT2D eigenvalue weighted by atomic mass is 35.5. The molecule has 1 saturated carbocycles. The lowest BCUT2D eigenvalue weighted by atomic mass is 9.78. The summed E-state index contributed by atoms with van der Waals surface area (Å²) in [6, 6.07) is 16.3. The van der Waals surface area contributed by atoms with Gasteiger partial charge in [0.25, 0.3) is 0 Å². The van der Waals surface area contributed by atoms with Crippen LogP contribution < -0.4 is 4.90 Å². The monoisotopic (exact) mass is 536 g/mol. The number of carboxylic acids is 1. The van der Waals surface area contributed by atoms with E-state index in [1.165, 1.54) is 16.2 Å². The SMILES string of the molecule is CN(C)c1ccc(C2C(C(=O)c3cccc(Cl)c3)C(c3cccs3)C(C(=O)O)N2C(=O)C2CCC2)cc1. The average molecular weight is 537 g/mol. The highest BCUT2D eigenvalue weighted by Gasteiger charge is 2.58. The van der Waals surface area contributed by atoms with E-state index in [1.807, 2.05) is 60.8 Å². The molecule has 4 atom stereocenters. The Labute approximate surface area is 225 Å². The second kappa shape index (κ2) is 10.3. The fraction of sp³-hybridized carbons (Fsp3) is 0.345. The molecule has 0 bridgehead atoms. The van der Waals surface area contributed by atoms with Gasteiger partial charge < -0.3 is 14.9 Å². The molecule has 2 aromatic carbocycles. The lowest BCUT2D eigenvalue weighted by molar-refractivity contribution is -0.153. The van der Waals surface area contributed by atoms with Gasteiger partial charge in [0.15, 0.2) is 5.78 Å². The first-order chi connectivity index (χ1) is 17.8. The lowest BCUT2D eigenvalue weighted by Gasteiger charge is -2.36. The summed E-state index contributed by atoms with van der Waals surface area (Å²) in [7, 11) is 3.88. The molecule has 37 heavy (non-hydrogen) atoms. The van der Waals surface area contributed by atoms with E-state index >= 15 is 0 Å². The van der Waals surface area contributed by atoms with Crippen molar-refractivity contribution in [2.24, 2.45) is 11.8 Å². The summed E-state index contributed by atoms with van der Waals surface area (Å²) in [6.45, 7) is 0. The van der Waals surface area contributed by atoms with Crippen LogP contribution in [0.15, 0.2) is 66.0 Å². The molecule has 2 heterocycles. The van der Waals surface area contributed by atoms with Gasteiger partial charge in [-0.25, -0.2) is 4.79 Å². The van der Waals surface area contributed by atoms with Crippen molar-refractivity contribution >= 4 is 46.3 Å². The Balaban J connectivity index is 1.71. The van der Waals surface area contributed by atoms with E-state index < -0.39 is 29.9 Å². The summed E-state index contributed by atoms with van der Waals surface area (Å²) < 4.78 is 0. The number of benzene rings is 2. The zero-order valence-electron chi connectivity index (χ0n) is 20.7. The number of likely N-dealkylation sites (tertiary alicyclic amines) is 1. The molecule has 192 valence electrons. The predicted molar refractivity (Wildman–Crippen MR) is 145 cm³/mol. The second-order valence-electron chi connectivity index (χ2n) is 10.0. The van der Waals surface area contributed by atoms with Crippen LogP contribution in [-0.2, 0) is 9.59 Å². The van der Waals surface area contributed by atoms with Gasteiger partial charge in [-0.3, -0.25) is 9.59 Å². The van der Waals surface area contributed by atoms with Gasteiger partial charge >= 0.3 is 5.97 Å². The van der Waals surface area contributed by atoms with Crippen molar-refractivity contribution in [2.75, 3.05) is 19.0 Å². The van der Waals surface area contributed by atoms with Crippen LogP contribution in [0.2, 0.25) is 5.02 Å². The van der Waals surface area contributed by atoms with Crippen LogP contribution in [-0.4, -0.2) is 47.8 Å². The Morgan fingerprint density at radius 2 is 1.76 bits per heavy atom. The van der Waals surface area contributed by atoms with Crippen molar-refractivity contribution in [3.63, 3.8) is 0 Å². The average Bonchev–Trinajstić information content (AvgIpc) is 3.48. The molecule has 2 fully saturated rings. The number of ketones is 1. The number of carbonyl (C=O) groups excluding carboxylic acids is 2. The van der Waals surface area contributed by atoms with Crippen molar-refractivity contribution in [3.05, 3.63) is 87.1 Å². The Kier molecular flexibility index (Phi) is 7.10. The van der Waals surface area contributed by atoms with Crippen LogP contribution in [0.3, 0.4) is 0 Å². The predicted octanol–water partition coefficient (Wildman–Crippen LogP) is 5.89. The second-order valence-corrected chi connectivity index (χ2v) is 11.4. The van der Waals surface area contributed by atoms with E-state index in [0.29, 0.717) is 10.6 Å². The molecule has 3 aromatic rings. The first-order valence-corrected chi connectivity index (χ1v) is 13.7. The van der Waals surface area contributed by atoms with Crippen LogP contribution in [0.25, 0.3) is 0 Å². The Morgan fingerprint density at radius 1 is 1.03 bits per heavy atom. The maximum atomic E-state index is 14.3. The van der Waals surface area contributed by atoms with Gasteiger partial charge in [0.2, 0.25) is 5.91 Å². The molecule has 1 saturated heterocycles. The third-order valence-electron chi connectivity index (χ3n) is 7.66. The Hall–Kier alpha value is -3.16. The molecule has 2 aliphatic rings. The summed E-state index contributed by atoms with van der Waals surface area (Å²) in [6.07, 6.45) is 2.43. The summed E-state index contributed by atoms with van der Waals surface area (Å²) in [5.74, 6) is -3.17. The third kappa shape index (κ3) is 4.66. The standard InChI is InChI=1S/C29H29ClN2O4S/c1-31(2)21-13-11-17(12-14-21)25-24(27(33)19-8-4-9-20(30)16-19)23(22-10-5-15-37-22)26(29(35)36)32(25)28(34)18-6-3-7-18/h4-5,8-16,18,23-26H,3,6-7H2,1-2H3,(H,35,36). The number of aliphatic carboxylic acids is 1. The van der Waals surface area contributed by atoms with E-state index in [9.17, 15) is 19.5 Å². The number of carboxylic acid groups (broad SMARTS) is 1. The quantitative estimate of drug-likeness (QED) is 0.381. The molecular formula is C29H29ClN2O4S. The number of hydrogen-bond acceptors (Lipinski definition) is 5. The number of thiophene rings is 1. The van der Waals surface area contributed by atoms with Gasteiger partial charge in [0.05, 0.1) is 12.0 Å². The number of nitrogens with zero attached hydrogens (tertiary/aromatic N) is 2. The van der Waals surface area contributed by atoms with Crippen molar-refractivity contribution in [1.82, 2.24) is 4.90 Å². The zero-order valence-corrected chi connectivity index (χ0v) is 22.3. The number of amides is 1. The van der Waals surface area contributed by atoms with Gasteiger partial charge in [-0.2, -0.15) is 0 Å². The van der Waals surface area contributed by atoms with Gasteiger partial charge in [0, 0.05) is 47.1 Å². The van der Waals surface area contributed by atoms with Gasteiger partial charge in [0.1, 0.15) is 6.04 Å². The molecule has 4 unspecified atom stereocenters. The topological polar surface area (TPSA) is 77.9 Å². The maximum absolute atomic E-state index is 14.3. The van der Waals surface area contributed by atoms with Crippen molar-refractivity contribution in [1.29, 1.82) is 0 Å². The lowest BCUT2D eigenvalue weighted by Crippen LogP contribution is -2.47. The summed E-state index contributed by atoms with van der Waals surface area (Å²) in [5, 5.41) is 12.9. The molecule has 0 spiro atoms. The normalized spacial score (nSPS) is 23.5. The highest BCUT2D eigenvalue weighted by Crippen LogP contribution is 2.53. The number of carbonyl (C=O) groups is 3. The Bertz CT molecular complexity index is 1300. The van der Waals surface area contributed by atoms with E-state index in [-0.39, 0.29) is 17.6 Å². The first kappa shape index (κ1) is 25.5. The zero-order chi connectivity index (χ0) is 26.3. The number of rotatable bonds is 7. The third-order valence-corrected chi connectivity index (χ3v) is 8.87. The van der Waals surface area contributed by atoms with E-state index in [1.54, 1.807) is 24.3 Å². The number of halogens is 1. The van der Waals surface area contributed by atoms with Gasteiger partial charge in [-0.15, -0.1) is 11.3 Å². The molecule has 1 aromatic heterocycles. The molecular weight excluding hydrogens is 508 g/mol. The van der Waals surface area contributed by atoms with Crippen LogP contribution >= 0.6 is 22.9 Å². The molecule has 0 radical (unpaired) electrons. The largest absolute Gasteiger partial charge is 0.480 e. The van der Waals surface area contributed by atoms with Crippen LogP contribution in [0.5, 0.6) is 0 Å². The molecule has 1 aliphatic heterocycles. The van der Waals surface area contributed by atoms with Crippen molar-refractivity contribution in [3.8, 4) is 0 Å². The molecule has 1 N–H and O–H groups in total. The highest BCUT2D eigenvalue weighted by molar-refractivity contribution is 7.10. The molecule has 1 aliphatic carbocycles. The molecule has 8 heteroatoms. The van der Waals surface area contributed by atoms with Crippen LogP contribution in [0.1, 0.15) is 52.0 Å². The smallest absolute Gasteiger partial charge is 0.327 e. The molecule has 6 nitrogen and oxygen atoms in total. The van der Waals surface area contributed by atoms with Gasteiger partial charge in [-0.1, -0.05) is 48.4 Å².